The Bertz CT molecular complexity index is 543. The molecule has 1 unspecified atom stereocenters. The van der Waals surface area contributed by atoms with Gasteiger partial charge in [-0.3, -0.25) is 4.79 Å². The van der Waals surface area contributed by atoms with Gasteiger partial charge in [0.15, 0.2) is 0 Å². The molecule has 0 radical (unpaired) electrons. The lowest BCUT2D eigenvalue weighted by Crippen LogP contribution is -2.37. The van der Waals surface area contributed by atoms with Crippen LogP contribution in [0.15, 0.2) is 24.3 Å². The number of nitrogens with zero attached hydrogens (tertiary/aromatic N) is 1. The van der Waals surface area contributed by atoms with E-state index in [-0.39, 0.29) is 5.91 Å². The number of carbonyl (C=O) groups excluding carboxylic acids is 1. The van der Waals surface area contributed by atoms with Gasteiger partial charge in [-0.25, -0.2) is 0 Å². The van der Waals surface area contributed by atoms with Gasteiger partial charge in [0, 0.05) is 19.2 Å². The number of carbonyl (C=O) groups is 1. The highest BCUT2D eigenvalue weighted by molar-refractivity contribution is 5.94. The number of aliphatic hydroxyl groups is 1. The number of β-amino-alcohol motifs (C(OH)–C–C–N with tert-alkyl or cyclic N) is 1. The van der Waals surface area contributed by atoms with Crippen molar-refractivity contribution in [2.24, 2.45) is 5.92 Å². The van der Waals surface area contributed by atoms with E-state index in [9.17, 15) is 9.90 Å². The van der Waals surface area contributed by atoms with Crippen LogP contribution in [0.25, 0.3) is 0 Å². The number of amides is 1. The fourth-order valence-corrected chi connectivity index (χ4v) is 3.09. The van der Waals surface area contributed by atoms with Crippen molar-refractivity contribution in [3.05, 3.63) is 29.8 Å². The molecule has 1 atom stereocenters. The van der Waals surface area contributed by atoms with Gasteiger partial charge in [0.2, 0.25) is 0 Å². The first-order valence-electron chi connectivity index (χ1n) is 7.86. The third-order valence-electron chi connectivity index (χ3n) is 4.54. The van der Waals surface area contributed by atoms with Crippen molar-refractivity contribution < 1.29 is 19.4 Å². The lowest BCUT2D eigenvalue weighted by molar-refractivity contribution is 0.0257. The van der Waals surface area contributed by atoms with Crippen LogP contribution in [0.2, 0.25) is 0 Å². The van der Waals surface area contributed by atoms with Gasteiger partial charge < -0.3 is 19.5 Å². The van der Waals surface area contributed by atoms with Crippen molar-refractivity contribution in [3.8, 4) is 5.75 Å². The third kappa shape index (κ3) is 3.25. The molecule has 1 heterocycles. The molecular formula is C17H23NO4. The summed E-state index contributed by atoms with van der Waals surface area (Å²) in [6, 6.07) is 7.20. The van der Waals surface area contributed by atoms with Crippen LogP contribution in [0.1, 0.15) is 29.6 Å². The maximum Gasteiger partial charge on any atom is 0.254 e. The summed E-state index contributed by atoms with van der Waals surface area (Å²) in [5.74, 6) is 1.02. The molecule has 1 saturated carbocycles. The Balaban J connectivity index is 1.63. The van der Waals surface area contributed by atoms with E-state index < -0.39 is 5.60 Å². The van der Waals surface area contributed by atoms with E-state index in [1.54, 1.807) is 24.1 Å². The number of methoxy groups -OCH3 is 1. The molecule has 0 spiro atoms. The average Bonchev–Trinajstić information content (AvgIpc) is 3.31. The first kappa shape index (κ1) is 15.3. The van der Waals surface area contributed by atoms with Crippen molar-refractivity contribution >= 4 is 5.91 Å². The minimum Gasteiger partial charge on any atom is -0.491 e. The van der Waals surface area contributed by atoms with Crippen LogP contribution in [0.5, 0.6) is 5.75 Å². The molecule has 5 heteroatoms. The zero-order valence-corrected chi connectivity index (χ0v) is 13.0. The molecule has 3 rings (SSSR count). The van der Waals surface area contributed by atoms with Crippen molar-refractivity contribution in [3.63, 3.8) is 0 Å². The van der Waals surface area contributed by atoms with E-state index in [1.807, 2.05) is 12.1 Å². The first-order chi connectivity index (χ1) is 10.6. The quantitative estimate of drug-likeness (QED) is 0.813. The third-order valence-corrected chi connectivity index (χ3v) is 4.54. The second-order valence-electron chi connectivity index (χ2n) is 6.22. The summed E-state index contributed by atoms with van der Waals surface area (Å²) in [6.45, 7) is 2.05. The predicted molar refractivity (Wildman–Crippen MR) is 82.0 cm³/mol. The molecule has 1 aliphatic carbocycles. The highest BCUT2D eigenvalue weighted by Crippen LogP contribution is 2.44. The van der Waals surface area contributed by atoms with Gasteiger partial charge in [0.05, 0.1) is 18.8 Å². The van der Waals surface area contributed by atoms with E-state index >= 15 is 0 Å². The summed E-state index contributed by atoms with van der Waals surface area (Å²) in [7, 11) is 1.62. The number of hydrogen-bond acceptors (Lipinski definition) is 4. The van der Waals surface area contributed by atoms with Gasteiger partial charge in [-0.2, -0.15) is 0 Å². The largest absolute Gasteiger partial charge is 0.491 e. The summed E-state index contributed by atoms with van der Waals surface area (Å²) < 4.78 is 10.5. The minimum atomic E-state index is -0.664. The van der Waals surface area contributed by atoms with Crippen molar-refractivity contribution in [2.75, 3.05) is 33.4 Å². The average molecular weight is 305 g/mol. The van der Waals surface area contributed by atoms with Gasteiger partial charge in [-0.15, -0.1) is 0 Å². The molecule has 1 N–H and O–H groups in total. The van der Waals surface area contributed by atoms with E-state index in [4.69, 9.17) is 9.47 Å². The number of ether oxygens (including phenoxy) is 2. The van der Waals surface area contributed by atoms with Crippen LogP contribution in [-0.4, -0.2) is 54.9 Å². The zero-order valence-electron chi connectivity index (χ0n) is 13.0. The van der Waals surface area contributed by atoms with Crippen LogP contribution >= 0.6 is 0 Å². The molecule has 1 aliphatic heterocycles. The van der Waals surface area contributed by atoms with Gasteiger partial charge >= 0.3 is 0 Å². The van der Waals surface area contributed by atoms with Crippen LogP contribution in [0.4, 0.5) is 0 Å². The van der Waals surface area contributed by atoms with Crippen LogP contribution < -0.4 is 4.74 Å². The topological polar surface area (TPSA) is 59.0 Å². The maximum absolute atomic E-state index is 12.6. The maximum atomic E-state index is 12.6. The highest BCUT2D eigenvalue weighted by atomic mass is 16.5. The van der Waals surface area contributed by atoms with Crippen LogP contribution in [0, 0.1) is 5.92 Å². The summed E-state index contributed by atoms with van der Waals surface area (Å²) in [4.78, 5) is 14.4. The van der Waals surface area contributed by atoms with Crippen LogP contribution in [-0.2, 0) is 4.74 Å². The Labute approximate surface area is 130 Å². The lowest BCUT2D eigenvalue weighted by atomic mass is 9.97. The SMILES string of the molecule is COCCOc1cccc(C(=O)N2CCC(O)(C3CC3)C2)c1. The molecular weight excluding hydrogens is 282 g/mol. The summed E-state index contributed by atoms with van der Waals surface area (Å²) in [5.41, 5.74) is -0.0580. The van der Waals surface area contributed by atoms with E-state index in [1.165, 1.54) is 0 Å². The second-order valence-corrected chi connectivity index (χ2v) is 6.22. The van der Waals surface area contributed by atoms with Crippen molar-refractivity contribution in [2.45, 2.75) is 24.9 Å². The molecule has 1 aromatic rings. The highest BCUT2D eigenvalue weighted by Gasteiger charge is 2.48. The Hall–Kier alpha value is -1.59. The zero-order chi connectivity index (χ0) is 15.6. The Morgan fingerprint density at radius 1 is 1.41 bits per heavy atom. The molecule has 120 valence electrons. The molecule has 0 bridgehead atoms. The molecule has 1 amide bonds. The molecule has 5 nitrogen and oxygen atoms in total. The minimum absolute atomic E-state index is 0.0335. The Kier molecular flexibility index (Phi) is 4.36. The van der Waals surface area contributed by atoms with E-state index in [0.717, 1.165) is 12.8 Å². The van der Waals surface area contributed by atoms with Crippen molar-refractivity contribution in [1.82, 2.24) is 4.90 Å². The standard InChI is InChI=1S/C17H23NO4/c1-21-9-10-22-15-4-2-3-13(11-15)16(19)18-8-7-17(20,12-18)14-5-6-14/h2-4,11,14,20H,5-10,12H2,1H3. The summed E-state index contributed by atoms with van der Waals surface area (Å²) >= 11 is 0. The summed E-state index contributed by atoms with van der Waals surface area (Å²) in [5, 5.41) is 10.6. The predicted octanol–water partition coefficient (Wildman–Crippen LogP) is 1.70. The molecule has 1 aromatic carbocycles. The molecule has 0 aromatic heterocycles. The summed E-state index contributed by atoms with van der Waals surface area (Å²) in [6.07, 6.45) is 2.86. The van der Waals surface area contributed by atoms with Gasteiger partial charge in [0.1, 0.15) is 12.4 Å². The first-order valence-corrected chi connectivity index (χ1v) is 7.86. The number of hydrogen-bond donors (Lipinski definition) is 1. The molecule has 2 aliphatic rings. The molecule has 2 fully saturated rings. The Morgan fingerprint density at radius 3 is 2.95 bits per heavy atom. The second kappa shape index (κ2) is 6.26. The smallest absolute Gasteiger partial charge is 0.254 e. The number of rotatable bonds is 6. The molecule has 22 heavy (non-hydrogen) atoms. The van der Waals surface area contributed by atoms with Crippen molar-refractivity contribution in [1.29, 1.82) is 0 Å². The molecule has 1 saturated heterocycles. The number of likely N-dealkylation sites (tertiary alicyclic amines) is 1. The Morgan fingerprint density at radius 2 is 2.23 bits per heavy atom. The van der Waals surface area contributed by atoms with E-state index in [2.05, 4.69) is 0 Å². The number of benzene rings is 1. The van der Waals surface area contributed by atoms with Crippen LogP contribution in [0.3, 0.4) is 0 Å². The van der Waals surface area contributed by atoms with Gasteiger partial charge in [-0.05, 0) is 43.4 Å². The van der Waals surface area contributed by atoms with E-state index in [0.29, 0.717) is 50.0 Å². The monoisotopic (exact) mass is 305 g/mol. The van der Waals surface area contributed by atoms with Gasteiger partial charge in [0.25, 0.3) is 5.91 Å². The fourth-order valence-electron chi connectivity index (χ4n) is 3.09. The van der Waals surface area contributed by atoms with Gasteiger partial charge in [-0.1, -0.05) is 6.07 Å². The fraction of sp³-hybridized carbons (Fsp3) is 0.588. The lowest BCUT2D eigenvalue weighted by Gasteiger charge is -2.23. The normalized spacial score (nSPS) is 24.5.